The lowest BCUT2D eigenvalue weighted by Crippen LogP contribution is -2.21. The summed E-state index contributed by atoms with van der Waals surface area (Å²) in [6.07, 6.45) is 5.98. The van der Waals surface area contributed by atoms with Crippen molar-refractivity contribution in [1.82, 2.24) is 5.32 Å². The molecule has 3 heteroatoms. The molecular weight excluding hydrogens is 249 g/mol. The van der Waals surface area contributed by atoms with Crippen molar-refractivity contribution in [3.8, 4) is 0 Å². The van der Waals surface area contributed by atoms with Gasteiger partial charge in [-0.3, -0.25) is 0 Å². The molecule has 1 aromatic carbocycles. The smallest absolute Gasteiger partial charge is 0.142 e. The van der Waals surface area contributed by atoms with Crippen LogP contribution in [0.25, 0.3) is 0 Å². The highest BCUT2D eigenvalue weighted by atomic mass is 35.5. The molecule has 0 fully saturated rings. The Bertz CT molecular complexity index is 354. The molecule has 1 rings (SSSR count). The summed E-state index contributed by atoms with van der Waals surface area (Å²) in [6, 6.07) is 5.34. The maximum Gasteiger partial charge on any atom is 0.142 e. The molecule has 0 amide bonds. The van der Waals surface area contributed by atoms with Gasteiger partial charge < -0.3 is 5.32 Å². The predicted octanol–water partition coefficient (Wildman–Crippen LogP) is 5.10. The second kappa shape index (κ2) is 8.49. The number of benzene rings is 1. The Hall–Kier alpha value is -0.600. The fourth-order valence-electron chi connectivity index (χ4n) is 2.14. The van der Waals surface area contributed by atoms with E-state index >= 15 is 0 Å². The lowest BCUT2D eigenvalue weighted by Gasteiger charge is -2.18. The minimum absolute atomic E-state index is 0.194. The molecule has 102 valence electrons. The Morgan fingerprint density at radius 3 is 2.61 bits per heavy atom. The number of hydrogen-bond acceptors (Lipinski definition) is 1. The zero-order valence-corrected chi connectivity index (χ0v) is 12.1. The third-order valence-corrected chi connectivity index (χ3v) is 3.45. The number of unbranched alkanes of at least 4 members (excludes halogenated alkanes) is 3. The first kappa shape index (κ1) is 15.5. The van der Waals surface area contributed by atoms with E-state index in [-0.39, 0.29) is 16.9 Å². The van der Waals surface area contributed by atoms with Crippen molar-refractivity contribution in [3.05, 3.63) is 34.6 Å². The van der Waals surface area contributed by atoms with Gasteiger partial charge in [0.2, 0.25) is 0 Å². The maximum atomic E-state index is 13.5. The molecule has 0 aliphatic heterocycles. The van der Waals surface area contributed by atoms with Crippen molar-refractivity contribution in [2.24, 2.45) is 0 Å². The maximum absolute atomic E-state index is 13.5. The van der Waals surface area contributed by atoms with Crippen LogP contribution < -0.4 is 5.32 Å². The second-order valence-electron chi connectivity index (χ2n) is 4.63. The summed E-state index contributed by atoms with van der Waals surface area (Å²) in [5.41, 5.74) is 0.996. The Morgan fingerprint density at radius 2 is 2.00 bits per heavy atom. The van der Waals surface area contributed by atoms with Crippen LogP contribution in [0.2, 0.25) is 5.02 Å². The average molecular weight is 272 g/mol. The SMILES string of the molecule is CCCCCCC(NCC)c1ccc(Cl)c(F)c1. The van der Waals surface area contributed by atoms with E-state index in [2.05, 4.69) is 19.2 Å². The van der Waals surface area contributed by atoms with E-state index in [1.807, 2.05) is 6.07 Å². The summed E-state index contributed by atoms with van der Waals surface area (Å²) in [5, 5.41) is 3.61. The molecule has 0 spiro atoms. The van der Waals surface area contributed by atoms with Crippen LogP contribution >= 0.6 is 11.6 Å². The zero-order chi connectivity index (χ0) is 13.4. The molecule has 0 aromatic heterocycles. The van der Waals surface area contributed by atoms with Gasteiger partial charge in [-0.25, -0.2) is 4.39 Å². The summed E-state index contributed by atoms with van der Waals surface area (Å²) in [5.74, 6) is -0.328. The van der Waals surface area contributed by atoms with Gasteiger partial charge in [-0.15, -0.1) is 0 Å². The molecule has 0 aliphatic rings. The molecule has 0 bridgehead atoms. The molecule has 1 aromatic rings. The summed E-state index contributed by atoms with van der Waals surface area (Å²) >= 11 is 5.71. The lowest BCUT2D eigenvalue weighted by molar-refractivity contribution is 0.479. The highest BCUT2D eigenvalue weighted by Gasteiger charge is 2.11. The Morgan fingerprint density at radius 1 is 1.22 bits per heavy atom. The first-order valence-electron chi connectivity index (χ1n) is 6.87. The molecule has 18 heavy (non-hydrogen) atoms. The van der Waals surface area contributed by atoms with E-state index < -0.39 is 0 Å². The van der Waals surface area contributed by atoms with Crippen LogP contribution in [0.4, 0.5) is 4.39 Å². The molecule has 0 saturated heterocycles. The fraction of sp³-hybridized carbons (Fsp3) is 0.600. The van der Waals surface area contributed by atoms with Gasteiger partial charge in [0.15, 0.2) is 0 Å². The van der Waals surface area contributed by atoms with E-state index in [1.165, 1.54) is 25.7 Å². The van der Waals surface area contributed by atoms with Crippen LogP contribution in [0.3, 0.4) is 0 Å². The first-order valence-corrected chi connectivity index (χ1v) is 7.25. The number of halogens is 2. The van der Waals surface area contributed by atoms with Crippen LogP contribution in [0.15, 0.2) is 18.2 Å². The predicted molar refractivity (Wildman–Crippen MR) is 76.6 cm³/mol. The van der Waals surface area contributed by atoms with Crippen LogP contribution in [0, 0.1) is 5.82 Å². The van der Waals surface area contributed by atoms with Gasteiger partial charge in [-0.1, -0.05) is 57.2 Å². The van der Waals surface area contributed by atoms with Gasteiger partial charge in [-0.05, 0) is 30.7 Å². The molecule has 1 unspecified atom stereocenters. The van der Waals surface area contributed by atoms with Crippen LogP contribution in [0.5, 0.6) is 0 Å². The van der Waals surface area contributed by atoms with E-state index in [0.29, 0.717) is 0 Å². The minimum atomic E-state index is -0.328. The van der Waals surface area contributed by atoms with Gasteiger partial charge in [0.25, 0.3) is 0 Å². The first-order chi connectivity index (χ1) is 8.69. The van der Waals surface area contributed by atoms with Gasteiger partial charge in [0, 0.05) is 6.04 Å². The molecule has 1 nitrogen and oxygen atoms in total. The molecule has 1 atom stereocenters. The van der Waals surface area contributed by atoms with Crippen molar-refractivity contribution in [3.63, 3.8) is 0 Å². The van der Waals surface area contributed by atoms with Crippen LogP contribution in [-0.4, -0.2) is 6.54 Å². The topological polar surface area (TPSA) is 12.0 Å². The summed E-state index contributed by atoms with van der Waals surface area (Å²) in [7, 11) is 0. The summed E-state index contributed by atoms with van der Waals surface area (Å²) < 4.78 is 13.5. The Balaban J connectivity index is 2.61. The zero-order valence-electron chi connectivity index (χ0n) is 11.3. The molecule has 0 heterocycles. The van der Waals surface area contributed by atoms with Crippen molar-refractivity contribution >= 4 is 11.6 Å². The lowest BCUT2D eigenvalue weighted by atomic mass is 10.00. The highest BCUT2D eigenvalue weighted by molar-refractivity contribution is 6.30. The van der Waals surface area contributed by atoms with Crippen LogP contribution in [0.1, 0.15) is 57.6 Å². The molecule has 1 N–H and O–H groups in total. The van der Waals surface area contributed by atoms with Gasteiger partial charge >= 0.3 is 0 Å². The number of hydrogen-bond donors (Lipinski definition) is 1. The fourth-order valence-corrected chi connectivity index (χ4v) is 2.25. The monoisotopic (exact) mass is 271 g/mol. The van der Waals surface area contributed by atoms with Crippen molar-refractivity contribution in [2.75, 3.05) is 6.54 Å². The van der Waals surface area contributed by atoms with Gasteiger partial charge in [0.1, 0.15) is 5.82 Å². The average Bonchev–Trinajstić information content (AvgIpc) is 2.37. The largest absolute Gasteiger partial charge is 0.310 e. The molecule has 0 saturated carbocycles. The van der Waals surface area contributed by atoms with Crippen LogP contribution in [-0.2, 0) is 0 Å². The van der Waals surface area contributed by atoms with Crippen molar-refractivity contribution in [2.45, 2.75) is 52.0 Å². The van der Waals surface area contributed by atoms with Crippen molar-refractivity contribution in [1.29, 1.82) is 0 Å². The Kier molecular flexibility index (Phi) is 7.29. The normalized spacial score (nSPS) is 12.7. The van der Waals surface area contributed by atoms with Gasteiger partial charge in [0.05, 0.1) is 5.02 Å². The highest BCUT2D eigenvalue weighted by Crippen LogP contribution is 2.24. The molecular formula is C15H23ClFN. The quantitative estimate of drug-likeness (QED) is 0.649. The van der Waals surface area contributed by atoms with Gasteiger partial charge in [-0.2, -0.15) is 0 Å². The number of rotatable bonds is 8. The molecule has 0 radical (unpaired) electrons. The number of nitrogens with one attached hydrogen (secondary N) is 1. The minimum Gasteiger partial charge on any atom is -0.310 e. The summed E-state index contributed by atoms with van der Waals surface area (Å²) in [6.45, 7) is 5.17. The second-order valence-corrected chi connectivity index (χ2v) is 5.04. The third kappa shape index (κ3) is 4.95. The van der Waals surface area contributed by atoms with E-state index in [4.69, 9.17) is 11.6 Å². The van der Waals surface area contributed by atoms with E-state index in [1.54, 1.807) is 12.1 Å². The summed E-state index contributed by atoms with van der Waals surface area (Å²) in [4.78, 5) is 0. The van der Waals surface area contributed by atoms with Crippen molar-refractivity contribution < 1.29 is 4.39 Å². The standard InChI is InChI=1S/C15H23ClFN/c1-3-5-6-7-8-15(18-4-2)12-9-10-13(16)14(17)11-12/h9-11,15,18H,3-8H2,1-2H3. The van der Waals surface area contributed by atoms with E-state index in [0.717, 1.165) is 18.5 Å². The molecule has 0 aliphatic carbocycles. The third-order valence-electron chi connectivity index (χ3n) is 3.14. The van der Waals surface area contributed by atoms with E-state index in [9.17, 15) is 4.39 Å². The Labute approximate surface area is 115 Å².